The molecule has 7 nitrogen and oxygen atoms in total. The fourth-order valence-corrected chi connectivity index (χ4v) is 2.41. The lowest BCUT2D eigenvalue weighted by atomic mass is 10.3. The third-order valence-electron chi connectivity index (χ3n) is 3.37. The van der Waals surface area contributed by atoms with Gasteiger partial charge in [0, 0.05) is 22.8 Å². The maximum Gasteiger partial charge on any atom is 0.422 e. The van der Waals surface area contributed by atoms with E-state index in [1.54, 1.807) is 31.2 Å². The molecule has 31 heavy (non-hydrogen) atoms. The summed E-state index contributed by atoms with van der Waals surface area (Å²) in [4.78, 5) is 20.8. The highest BCUT2D eigenvalue weighted by molar-refractivity contribution is 9.10. The Balaban J connectivity index is 2.24. The first-order valence-electron chi connectivity index (χ1n) is 8.48. The number of aromatic nitrogens is 2. The minimum Gasteiger partial charge on any atom is -0.468 e. The number of hydrogen-bond acceptors (Lipinski definition) is 5. The van der Waals surface area contributed by atoms with E-state index in [4.69, 9.17) is 0 Å². The summed E-state index contributed by atoms with van der Waals surface area (Å²) in [6, 6.07) is 5.79. The fraction of sp³-hybridized carbons (Fsp3) is 0.353. The Labute approximate surface area is 180 Å². The minimum atomic E-state index is -4.74. The zero-order chi connectivity index (χ0) is 23.2. The standard InChI is InChI=1S/C17H15BrF6N4O3/c1-2-28(11-5-3-10(18)4-6-11)15(29)26-12-7-13(30-8-16(19,20)21)27-14(25-12)31-9-17(22,23)24/h3-7H,2,8-9H2,1H3,(H,25,26,27,29). The molecule has 0 radical (unpaired) electrons. The number of anilines is 2. The van der Waals surface area contributed by atoms with E-state index in [2.05, 4.69) is 40.7 Å². The Morgan fingerprint density at radius 1 is 1.03 bits per heavy atom. The van der Waals surface area contributed by atoms with Gasteiger partial charge in [-0.2, -0.15) is 36.3 Å². The van der Waals surface area contributed by atoms with Gasteiger partial charge < -0.3 is 9.47 Å². The predicted octanol–water partition coefficient (Wildman–Crippen LogP) is 5.18. The molecule has 0 bridgehead atoms. The average molecular weight is 517 g/mol. The van der Waals surface area contributed by atoms with Gasteiger partial charge in [0.2, 0.25) is 5.88 Å². The van der Waals surface area contributed by atoms with Crippen LogP contribution in [0.15, 0.2) is 34.8 Å². The Morgan fingerprint density at radius 2 is 1.61 bits per heavy atom. The van der Waals surface area contributed by atoms with Gasteiger partial charge in [0.25, 0.3) is 0 Å². The number of ether oxygens (including phenoxy) is 2. The van der Waals surface area contributed by atoms with E-state index >= 15 is 0 Å². The van der Waals surface area contributed by atoms with Crippen molar-refractivity contribution in [2.24, 2.45) is 0 Å². The molecular formula is C17H15BrF6N4O3. The van der Waals surface area contributed by atoms with Crippen molar-refractivity contribution >= 4 is 33.5 Å². The van der Waals surface area contributed by atoms with Gasteiger partial charge in [-0.15, -0.1) is 0 Å². The highest BCUT2D eigenvalue weighted by atomic mass is 79.9. The maximum absolute atomic E-state index is 12.6. The summed E-state index contributed by atoms with van der Waals surface area (Å²) in [6.45, 7) is -1.68. The van der Waals surface area contributed by atoms with Crippen molar-refractivity contribution < 1.29 is 40.6 Å². The van der Waals surface area contributed by atoms with Crippen LogP contribution in [0.25, 0.3) is 0 Å². The predicted molar refractivity (Wildman–Crippen MR) is 101 cm³/mol. The number of amides is 2. The van der Waals surface area contributed by atoms with Crippen molar-refractivity contribution in [3.63, 3.8) is 0 Å². The number of alkyl halides is 6. The molecule has 1 aromatic heterocycles. The van der Waals surface area contributed by atoms with E-state index in [0.29, 0.717) is 5.69 Å². The Kier molecular flexibility index (Phi) is 7.92. The first-order valence-corrected chi connectivity index (χ1v) is 9.28. The highest BCUT2D eigenvalue weighted by Crippen LogP contribution is 2.24. The lowest BCUT2D eigenvalue weighted by Crippen LogP contribution is -2.35. The highest BCUT2D eigenvalue weighted by Gasteiger charge is 2.31. The van der Waals surface area contributed by atoms with E-state index in [1.165, 1.54) is 4.90 Å². The number of urea groups is 1. The molecule has 0 spiro atoms. The second-order valence-corrected chi connectivity index (χ2v) is 6.75. The number of carbonyl (C=O) groups excluding carboxylic acids is 1. The molecular weight excluding hydrogens is 502 g/mol. The SMILES string of the molecule is CCN(C(=O)Nc1cc(OCC(F)(F)F)nc(OCC(F)(F)F)n1)c1ccc(Br)cc1. The van der Waals surface area contributed by atoms with Gasteiger partial charge in [0.1, 0.15) is 5.82 Å². The zero-order valence-corrected chi connectivity index (χ0v) is 17.3. The molecule has 1 heterocycles. The summed E-state index contributed by atoms with van der Waals surface area (Å²) in [6.07, 6.45) is -9.46. The van der Waals surface area contributed by atoms with Crippen molar-refractivity contribution in [3.05, 3.63) is 34.8 Å². The summed E-state index contributed by atoms with van der Waals surface area (Å²) in [5.41, 5.74) is 0.486. The molecule has 0 aliphatic rings. The molecule has 2 aromatic rings. The number of benzene rings is 1. The Morgan fingerprint density at radius 3 is 2.16 bits per heavy atom. The summed E-state index contributed by atoms with van der Waals surface area (Å²) >= 11 is 3.26. The van der Waals surface area contributed by atoms with Crippen LogP contribution in [0.2, 0.25) is 0 Å². The van der Waals surface area contributed by atoms with Crippen molar-refractivity contribution in [2.45, 2.75) is 19.3 Å². The van der Waals surface area contributed by atoms with Crippen LogP contribution in [0.1, 0.15) is 6.92 Å². The van der Waals surface area contributed by atoms with Crippen molar-refractivity contribution in [1.82, 2.24) is 9.97 Å². The molecule has 1 aromatic carbocycles. The van der Waals surface area contributed by atoms with Gasteiger partial charge in [-0.25, -0.2) is 4.79 Å². The maximum atomic E-state index is 12.6. The molecule has 0 saturated heterocycles. The van der Waals surface area contributed by atoms with Crippen LogP contribution in [-0.4, -0.2) is 48.1 Å². The second-order valence-electron chi connectivity index (χ2n) is 5.83. The number of hydrogen-bond donors (Lipinski definition) is 1. The normalized spacial score (nSPS) is 11.7. The van der Waals surface area contributed by atoms with Gasteiger partial charge in [0.15, 0.2) is 13.2 Å². The van der Waals surface area contributed by atoms with Crippen molar-refractivity contribution in [1.29, 1.82) is 0 Å². The minimum absolute atomic E-state index is 0.202. The van der Waals surface area contributed by atoms with E-state index in [1.807, 2.05) is 0 Å². The Bertz CT molecular complexity index is 857. The van der Waals surface area contributed by atoms with E-state index in [0.717, 1.165) is 10.5 Å². The summed E-state index contributed by atoms with van der Waals surface area (Å²) in [5.74, 6) is -1.14. The van der Waals surface area contributed by atoms with E-state index < -0.39 is 49.3 Å². The number of rotatable bonds is 7. The molecule has 1 N–H and O–H groups in total. The molecule has 2 amide bonds. The number of nitrogens with zero attached hydrogens (tertiary/aromatic N) is 3. The monoisotopic (exact) mass is 516 g/mol. The lowest BCUT2D eigenvalue weighted by Gasteiger charge is -2.21. The summed E-state index contributed by atoms with van der Waals surface area (Å²) in [5, 5.41) is 2.28. The third kappa shape index (κ3) is 8.47. The van der Waals surface area contributed by atoms with Crippen LogP contribution < -0.4 is 19.7 Å². The molecule has 14 heteroatoms. The smallest absolute Gasteiger partial charge is 0.422 e. The molecule has 0 aliphatic heterocycles. The summed E-state index contributed by atoms with van der Waals surface area (Å²) < 4.78 is 83.9. The van der Waals surface area contributed by atoms with Crippen LogP contribution in [0.3, 0.4) is 0 Å². The Hall–Kier alpha value is -2.77. The van der Waals surface area contributed by atoms with Gasteiger partial charge in [-0.05, 0) is 31.2 Å². The first-order chi connectivity index (χ1) is 14.4. The topological polar surface area (TPSA) is 76.6 Å². The second kappa shape index (κ2) is 10.0. The summed E-state index contributed by atoms with van der Waals surface area (Å²) in [7, 11) is 0. The zero-order valence-electron chi connectivity index (χ0n) is 15.7. The molecule has 0 fully saturated rings. The number of nitrogens with one attached hydrogen (secondary N) is 1. The van der Waals surface area contributed by atoms with Crippen LogP contribution in [0.4, 0.5) is 42.6 Å². The largest absolute Gasteiger partial charge is 0.468 e. The number of carbonyl (C=O) groups is 1. The third-order valence-corrected chi connectivity index (χ3v) is 3.89. The van der Waals surface area contributed by atoms with Crippen LogP contribution in [0, 0.1) is 0 Å². The van der Waals surface area contributed by atoms with Gasteiger partial charge in [0.05, 0.1) is 0 Å². The van der Waals surface area contributed by atoms with E-state index in [9.17, 15) is 31.1 Å². The van der Waals surface area contributed by atoms with Crippen LogP contribution in [0.5, 0.6) is 11.9 Å². The quantitative estimate of drug-likeness (QED) is 0.513. The van der Waals surface area contributed by atoms with Crippen molar-refractivity contribution in [3.8, 4) is 11.9 Å². The van der Waals surface area contributed by atoms with E-state index in [-0.39, 0.29) is 6.54 Å². The molecule has 0 unspecified atom stereocenters. The molecule has 0 aliphatic carbocycles. The molecule has 0 atom stereocenters. The number of halogens is 7. The van der Waals surface area contributed by atoms with Crippen LogP contribution >= 0.6 is 15.9 Å². The van der Waals surface area contributed by atoms with Gasteiger partial charge in [-0.1, -0.05) is 15.9 Å². The first kappa shape index (κ1) is 24.5. The van der Waals surface area contributed by atoms with Crippen LogP contribution in [-0.2, 0) is 0 Å². The molecule has 2 rings (SSSR count). The average Bonchev–Trinajstić information content (AvgIpc) is 2.66. The molecule has 170 valence electrons. The fourth-order valence-electron chi connectivity index (χ4n) is 2.15. The molecule has 0 saturated carbocycles. The van der Waals surface area contributed by atoms with Gasteiger partial charge >= 0.3 is 24.4 Å². The lowest BCUT2D eigenvalue weighted by molar-refractivity contribution is -0.155. The van der Waals surface area contributed by atoms with Crippen molar-refractivity contribution in [2.75, 3.05) is 30.0 Å². The van der Waals surface area contributed by atoms with Gasteiger partial charge in [-0.3, -0.25) is 10.2 Å².